The van der Waals surface area contributed by atoms with Crippen molar-refractivity contribution in [1.82, 2.24) is 8.87 Å². The standard InChI is InChI=1S/C20H23N3O2S2.BrH/c1-14-10-11-16(27(24,25)22(3)4)12-17(14)19-13-26-20(23(19)5)21-18-9-7-6-8-15(18)2;/h6-13H,1-5H3;1H. The summed E-state index contributed by atoms with van der Waals surface area (Å²) in [6, 6.07) is 13.2. The van der Waals surface area contributed by atoms with E-state index in [4.69, 9.17) is 4.99 Å². The van der Waals surface area contributed by atoms with Gasteiger partial charge in [0.05, 0.1) is 16.3 Å². The molecule has 0 amide bonds. The molecule has 0 aliphatic rings. The highest BCUT2D eigenvalue weighted by molar-refractivity contribution is 8.93. The second kappa shape index (κ2) is 8.73. The molecular formula is C20H24BrN3O2S2. The summed E-state index contributed by atoms with van der Waals surface area (Å²) in [5.74, 6) is 0. The molecule has 0 atom stereocenters. The van der Waals surface area contributed by atoms with Crippen LogP contribution < -0.4 is 4.80 Å². The van der Waals surface area contributed by atoms with Crippen LogP contribution in [0.3, 0.4) is 0 Å². The van der Waals surface area contributed by atoms with Gasteiger partial charge in [0.25, 0.3) is 0 Å². The molecule has 28 heavy (non-hydrogen) atoms. The maximum absolute atomic E-state index is 12.5. The molecule has 0 unspecified atom stereocenters. The Morgan fingerprint density at radius 3 is 2.36 bits per heavy atom. The number of aryl methyl sites for hydroxylation is 2. The van der Waals surface area contributed by atoms with Crippen LogP contribution in [0.1, 0.15) is 11.1 Å². The third kappa shape index (κ3) is 4.30. The smallest absolute Gasteiger partial charge is 0.242 e. The highest BCUT2D eigenvalue weighted by Gasteiger charge is 2.19. The average Bonchev–Trinajstić information content (AvgIpc) is 2.97. The van der Waals surface area contributed by atoms with Crippen molar-refractivity contribution in [3.63, 3.8) is 0 Å². The van der Waals surface area contributed by atoms with Crippen molar-refractivity contribution >= 4 is 44.0 Å². The molecule has 2 aromatic carbocycles. The number of sulfonamides is 1. The van der Waals surface area contributed by atoms with Crippen LogP contribution in [-0.4, -0.2) is 31.4 Å². The molecule has 5 nitrogen and oxygen atoms in total. The zero-order valence-electron chi connectivity index (χ0n) is 16.5. The topological polar surface area (TPSA) is 54.7 Å². The molecule has 3 aromatic rings. The van der Waals surface area contributed by atoms with E-state index in [1.807, 2.05) is 61.2 Å². The molecule has 0 N–H and O–H groups in total. The van der Waals surface area contributed by atoms with Crippen molar-refractivity contribution in [2.24, 2.45) is 12.0 Å². The van der Waals surface area contributed by atoms with Gasteiger partial charge in [0.2, 0.25) is 10.0 Å². The fourth-order valence-corrected chi connectivity index (χ4v) is 4.59. The van der Waals surface area contributed by atoms with Gasteiger partial charge < -0.3 is 4.57 Å². The van der Waals surface area contributed by atoms with Crippen LogP contribution in [0.2, 0.25) is 0 Å². The molecule has 0 spiro atoms. The summed E-state index contributed by atoms with van der Waals surface area (Å²) in [5.41, 5.74) is 4.90. The SMILES string of the molecule is Br.Cc1ccccc1N=c1scc(-c2cc(S(=O)(=O)N(C)C)ccc2C)n1C. The molecular weight excluding hydrogens is 458 g/mol. The Morgan fingerprint density at radius 1 is 1.04 bits per heavy atom. The second-order valence-electron chi connectivity index (χ2n) is 6.62. The summed E-state index contributed by atoms with van der Waals surface area (Å²) in [6.45, 7) is 4.02. The molecule has 0 saturated heterocycles. The van der Waals surface area contributed by atoms with Crippen LogP contribution in [0.5, 0.6) is 0 Å². The van der Waals surface area contributed by atoms with E-state index < -0.39 is 10.0 Å². The lowest BCUT2D eigenvalue weighted by atomic mass is 10.1. The first-order valence-corrected chi connectivity index (χ1v) is 10.8. The van der Waals surface area contributed by atoms with Gasteiger partial charge >= 0.3 is 0 Å². The minimum Gasteiger partial charge on any atom is -0.320 e. The number of nitrogens with zero attached hydrogens (tertiary/aromatic N) is 3. The minimum absolute atomic E-state index is 0. The van der Waals surface area contributed by atoms with Gasteiger partial charge in [-0.15, -0.1) is 28.3 Å². The van der Waals surface area contributed by atoms with Crippen LogP contribution in [0.15, 0.2) is 57.7 Å². The van der Waals surface area contributed by atoms with Crippen molar-refractivity contribution in [2.75, 3.05) is 14.1 Å². The number of benzene rings is 2. The molecule has 0 aliphatic carbocycles. The quantitative estimate of drug-likeness (QED) is 0.553. The van der Waals surface area contributed by atoms with Crippen LogP contribution in [0.4, 0.5) is 5.69 Å². The zero-order valence-corrected chi connectivity index (χ0v) is 19.8. The van der Waals surface area contributed by atoms with Crippen molar-refractivity contribution < 1.29 is 8.42 Å². The van der Waals surface area contributed by atoms with Crippen molar-refractivity contribution in [3.8, 4) is 11.3 Å². The van der Waals surface area contributed by atoms with Crippen LogP contribution in [0, 0.1) is 13.8 Å². The molecule has 1 aromatic heterocycles. The molecule has 150 valence electrons. The Labute approximate surface area is 180 Å². The first-order chi connectivity index (χ1) is 12.7. The predicted octanol–water partition coefficient (Wildman–Crippen LogP) is 4.43. The fourth-order valence-electron chi connectivity index (χ4n) is 2.76. The van der Waals surface area contributed by atoms with Gasteiger partial charge in [-0.1, -0.05) is 24.3 Å². The molecule has 0 radical (unpaired) electrons. The van der Waals surface area contributed by atoms with Gasteiger partial charge in [0.15, 0.2) is 4.80 Å². The summed E-state index contributed by atoms with van der Waals surface area (Å²) < 4.78 is 28.2. The Balaban J connectivity index is 0.00000280. The van der Waals surface area contributed by atoms with Gasteiger partial charge in [0.1, 0.15) is 0 Å². The second-order valence-corrected chi connectivity index (χ2v) is 9.61. The van der Waals surface area contributed by atoms with E-state index in [1.165, 1.54) is 15.6 Å². The number of rotatable bonds is 4. The Bertz CT molecular complexity index is 1160. The monoisotopic (exact) mass is 481 g/mol. The number of hydrogen-bond donors (Lipinski definition) is 0. The van der Waals surface area contributed by atoms with E-state index in [9.17, 15) is 8.42 Å². The Kier molecular flexibility index (Phi) is 7.03. The van der Waals surface area contributed by atoms with E-state index in [0.29, 0.717) is 0 Å². The average molecular weight is 482 g/mol. The Morgan fingerprint density at radius 2 is 1.71 bits per heavy atom. The highest BCUT2D eigenvalue weighted by atomic mass is 79.9. The summed E-state index contributed by atoms with van der Waals surface area (Å²) in [7, 11) is 1.55. The van der Waals surface area contributed by atoms with E-state index in [2.05, 4.69) is 0 Å². The lowest BCUT2D eigenvalue weighted by molar-refractivity contribution is 0.521. The highest BCUT2D eigenvalue weighted by Crippen LogP contribution is 2.27. The van der Waals surface area contributed by atoms with Crippen LogP contribution in [-0.2, 0) is 17.1 Å². The zero-order chi connectivity index (χ0) is 19.8. The van der Waals surface area contributed by atoms with Gasteiger partial charge in [-0.3, -0.25) is 0 Å². The summed E-state index contributed by atoms with van der Waals surface area (Å²) in [5, 5.41) is 2.02. The minimum atomic E-state index is -3.48. The van der Waals surface area contributed by atoms with Crippen molar-refractivity contribution in [3.05, 3.63) is 63.8 Å². The largest absolute Gasteiger partial charge is 0.320 e. The molecule has 0 aliphatic heterocycles. The Hall–Kier alpha value is -1.74. The molecule has 0 saturated carbocycles. The number of thiazole rings is 1. The maximum atomic E-state index is 12.5. The number of hydrogen-bond acceptors (Lipinski definition) is 4. The first kappa shape index (κ1) is 22.5. The van der Waals surface area contributed by atoms with Gasteiger partial charge in [-0.05, 0) is 43.2 Å². The summed E-state index contributed by atoms with van der Waals surface area (Å²) in [4.78, 5) is 5.92. The van der Waals surface area contributed by atoms with E-state index in [0.717, 1.165) is 32.9 Å². The molecule has 0 bridgehead atoms. The lowest BCUT2D eigenvalue weighted by Gasteiger charge is -2.14. The lowest BCUT2D eigenvalue weighted by Crippen LogP contribution is -2.22. The third-order valence-corrected chi connectivity index (χ3v) is 7.25. The number of para-hydroxylation sites is 1. The summed E-state index contributed by atoms with van der Waals surface area (Å²) >= 11 is 1.54. The molecule has 8 heteroatoms. The van der Waals surface area contributed by atoms with E-state index >= 15 is 0 Å². The van der Waals surface area contributed by atoms with Crippen LogP contribution >= 0.6 is 28.3 Å². The van der Waals surface area contributed by atoms with Crippen molar-refractivity contribution in [2.45, 2.75) is 18.7 Å². The fraction of sp³-hybridized carbons (Fsp3) is 0.250. The maximum Gasteiger partial charge on any atom is 0.242 e. The van der Waals surface area contributed by atoms with Gasteiger partial charge in [-0.2, -0.15) is 0 Å². The summed E-state index contributed by atoms with van der Waals surface area (Å²) in [6.07, 6.45) is 0. The van der Waals surface area contributed by atoms with E-state index in [1.54, 1.807) is 26.2 Å². The molecule has 3 rings (SSSR count). The number of halogens is 1. The third-order valence-electron chi connectivity index (χ3n) is 4.52. The van der Waals surface area contributed by atoms with Crippen molar-refractivity contribution in [1.29, 1.82) is 0 Å². The van der Waals surface area contributed by atoms with Gasteiger partial charge in [-0.25, -0.2) is 17.7 Å². The van der Waals surface area contributed by atoms with E-state index in [-0.39, 0.29) is 21.9 Å². The predicted molar refractivity (Wildman–Crippen MR) is 121 cm³/mol. The molecule has 0 fully saturated rings. The normalized spacial score (nSPS) is 12.3. The van der Waals surface area contributed by atoms with Gasteiger partial charge in [0, 0.05) is 32.1 Å². The number of aromatic nitrogens is 1. The molecule has 1 heterocycles. The first-order valence-electron chi connectivity index (χ1n) is 8.50. The van der Waals surface area contributed by atoms with Crippen LogP contribution in [0.25, 0.3) is 11.3 Å².